The Bertz CT molecular complexity index is 761. The third-order valence-corrected chi connectivity index (χ3v) is 4.67. The Hall–Kier alpha value is -1.70. The van der Waals surface area contributed by atoms with Crippen LogP contribution in [0.4, 0.5) is 0 Å². The van der Waals surface area contributed by atoms with Gasteiger partial charge in [0.25, 0.3) is 0 Å². The van der Waals surface area contributed by atoms with Gasteiger partial charge in [0.05, 0.1) is 12.4 Å². The molecule has 150 valence electrons. The van der Waals surface area contributed by atoms with Gasteiger partial charge in [0.1, 0.15) is 11.5 Å². The number of carbonyl (C=O) groups is 2. The minimum atomic E-state index is -0.142. The van der Waals surface area contributed by atoms with Gasteiger partial charge in [-0.1, -0.05) is 12.8 Å². The van der Waals surface area contributed by atoms with Crippen LogP contribution in [0.25, 0.3) is 0 Å². The van der Waals surface area contributed by atoms with E-state index in [1.165, 1.54) is 12.4 Å². The zero-order valence-corrected chi connectivity index (χ0v) is 19.3. The highest BCUT2D eigenvalue weighted by Crippen LogP contribution is 2.09. The largest absolute Gasteiger partial charge is 0.449 e. The number of nitrogens with one attached hydrogen (secondary N) is 2. The molecule has 2 aromatic rings. The number of halogens is 2. The van der Waals surface area contributed by atoms with Crippen LogP contribution in [0.2, 0.25) is 0 Å². The summed E-state index contributed by atoms with van der Waals surface area (Å²) in [6.07, 6.45) is 6.95. The van der Waals surface area contributed by atoms with E-state index in [2.05, 4.69) is 66.2 Å². The summed E-state index contributed by atoms with van der Waals surface area (Å²) in [5.74, 6) is 0.895. The van der Waals surface area contributed by atoms with Gasteiger partial charge in [0, 0.05) is 12.8 Å². The number of nitrogens with zero attached hydrogens (tertiary/aromatic N) is 2. The SMILES string of the molecule is O=C(CCCCCCC(=O)N/N=C/c1ccc(I)o1)N/N=C/c1ccc(I)o1. The Labute approximate surface area is 189 Å². The zero-order valence-electron chi connectivity index (χ0n) is 15.0. The van der Waals surface area contributed by atoms with Crippen LogP contribution >= 0.6 is 45.2 Å². The molecule has 0 saturated carbocycles. The molecule has 0 bridgehead atoms. The molecule has 2 N–H and O–H groups in total. The predicted octanol–water partition coefficient (Wildman–Crippen LogP) is 4.02. The second-order valence-corrected chi connectivity index (χ2v) is 7.91. The van der Waals surface area contributed by atoms with E-state index in [0.717, 1.165) is 33.2 Å². The van der Waals surface area contributed by atoms with Crippen molar-refractivity contribution in [2.45, 2.75) is 38.5 Å². The number of rotatable bonds is 11. The summed E-state index contributed by atoms with van der Waals surface area (Å²) in [5, 5.41) is 7.70. The van der Waals surface area contributed by atoms with E-state index < -0.39 is 0 Å². The summed E-state index contributed by atoms with van der Waals surface area (Å²) in [4.78, 5) is 23.3. The molecule has 10 heteroatoms. The lowest BCUT2D eigenvalue weighted by Gasteiger charge is -2.01. The zero-order chi connectivity index (χ0) is 20.2. The van der Waals surface area contributed by atoms with Crippen molar-refractivity contribution in [2.24, 2.45) is 10.2 Å². The Kier molecular flexibility index (Phi) is 10.2. The number of furan rings is 2. The monoisotopic (exact) mass is 610 g/mol. The van der Waals surface area contributed by atoms with Gasteiger partial charge in [0.2, 0.25) is 11.8 Å². The van der Waals surface area contributed by atoms with Crippen LogP contribution in [0.5, 0.6) is 0 Å². The van der Waals surface area contributed by atoms with Crippen LogP contribution in [-0.2, 0) is 9.59 Å². The third-order valence-electron chi connectivity index (χ3n) is 3.51. The molecule has 0 radical (unpaired) electrons. The van der Waals surface area contributed by atoms with Crippen molar-refractivity contribution in [3.63, 3.8) is 0 Å². The van der Waals surface area contributed by atoms with E-state index in [1.54, 1.807) is 12.1 Å². The Morgan fingerprint density at radius 2 is 1.21 bits per heavy atom. The molecule has 0 atom stereocenters. The van der Waals surface area contributed by atoms with E-state index >= 15 is 0 Å². The average Bonchev–Trinajstić information content (AvgIpc) is 3.26. The van der Waals surface area contributed by atoms with Crippen LogP contribution in [0.3, 0.4) is 0 Å². The second kappa shape index (κ2) is 12.7. The maximum Gasteiger partial charge on any atom is 0.240 e. The van der Waals surface area contributed by atoms with Crippen molar-refractivity contribution < 1.29 is 18.4 Å². The average molecular weight is 610 g/mol. The van der Waals surface area contributed by atoms with Crippen LogP contribution in [-0.4, -0.2) is 24.2 Å². The normalized spacial score (nSPS) is 11.4. The molecular formula is C18H20I2N4O4. The van der Waals surface area contributed by atoms with Crippen molar-refractivity contribution in [3.05, 3.63) is 43.3 Å². The lowest BCUT2D eigenvalue weighted by atomic mass is 10.1. The number of hydrogen-bond acceptors (Lipinski definition) is 6. The summed E-state index contributed by atoms with van der Waals surface area (Å²) in [5.41, 5.74) is 4.94. The van der Waals surface area contributed by atoms with E-state index in [9.17, 15) is 9.59 Å². The predicted molar refractivity (Wildman–Crippen MR) is 122 cm³/mol. The Morgan fingerprint density at radius 3 is 1.57 bits per heavy atom. The van der Waals surface area contributed by atoms with Gasteiger partial charge in [0.15, 0.2) is 7.53 Å². The first-order chi connectivity index (χ1) is 13.5. The maximum atomic E-state index is 11.7. The van der Waals surface area contributed by atoms with E-state index in [4.69, 9.17) is 8.83 Å². The van der Waals surface area contributed by atoms with Crippen molar-refractivity contribution in [3.8, 4) is 0 Å². The Balaban J connectivity index is 1.47. The fraction of sp³-hybridized carbons (Fsp3) is 0.333. The highest BCUT2D eigenvalue weighted by molar-refractivity contribution is 14.1. The third kappa shape index (κ3) is 9.48. The van der Waals surface area contributed by atoms with Crippen LogP contribution in [0.1, 0.15) is 50.0 Å². The molecule has 0 aliphatic carbocycles. The second-order valence-electron chi connectivity index (χ2n) is 5.78. The number of carbonyl (C=O) groups excluding carboxylic acids is 2. The lowest BCUT2D eigenvalue weighted by molar-refractivity contribution is -0.122. The molecule has 0 aliphatic heterocycles. The molecule has 2 amide bonds. The molecule has 2 rings (SSSR count). The molecular weight excluding hydrogens is 590 g/mol. The minimum Gasteiger partial charge on any atom is -0.449 e. The molecule has 0 fully saturated rings. The van der Waals surface area contributed by atoms with E-state index in [0.29, 0.717) is 24.4 Å². The van der Waals surface area contributed by atoms with Crippen LogP contribution in [0.15, 0.2) is 43.3 Å². The van der Waals surface area contributed by atoms with Gasteiger partial charge in [-0.2, -0.15) is 10.2 Å². The van der Waals surface area contributed by atoms with Crippen molar-refractivity contribution in [1.82, 2.24) is 10.9 Å². The van der Waals surface area contributed by atoms with Gasteiger partial charge >= 0.3 is 0 Å². The standard InChI is InChI=1S/C18H20I2N4O4/c19-15-9-7-13(27-15)11-21-23-17(25)5-3-1-2-4-6-18(26)24-22-12-14-8-10-16(20)28-14/h7-12H,1-6H2,(H,23,25)(H,24,26)/b21-11+,22-12+. The molecule has 0 saturated heterocycles. The number of hydrazone groups is 2. The molecule has 2 aromatic heterocycles. The molecule has 0 unspecified atom stereocenters. The van der Waals surface area contributed by atoms with Crippen molar-refractivity contribution in [1.29, 1.82) is 0 Å². The lowest BCUT2D eigenvalue weighted by Crippen LogP contribution is -2.17. The first-order valence-corrected chi connectivity index (χ1v) is 10.8. The summed E-state index contributed by atoms with van der Waals surface area (Å²) >= 11 is 4.11. The van der Waals surface area contributed by atoms with Crippen molar-refractivity contribution >= 4 is 69.4 Å². The van der Waals surface area contributed by atoms with Gasteiger partial charge in [-0.3, -0.25) is 9.59 Å². The first kappa shape index (κ1) is 22.6. The first-order valence-electron chi connectivity index (χ1n) is 8.67. The summed E-state index contributed by atoms with van der Waals surface area (Å²) in [7, 11) is 0. The molecule has 0 aromatic carbocycles. The number of amides is 2. The highest BCUT2D eigenvalue weighted by atomic mass is 127. The van der Waals surface area contributed by atoms with Gasteiger partial charge in [-0.25, -0.2) is 10.9 Å². The molecule has 28 heavy (non-hydrogen) atoms. The maximum absolute atomic E-state index is 11.7. The Morgan fingerprint density at radius 1 is 0.786 bits per heavy atom. The fourth-order valence-corrected chi connectivity index (χ4v) is 3.04. The van der Waals surface area contributed by atoms with Crippen LogP contribution < -0.4 is 10.9 Å². The molecule has 8 nitrogen and oxygen atoms in total. The van der Waals surface area contributed by atoms with E-state index in [1.807, 2.05) is 12.1 Å². The van der Waals surface area contributed by atoms with Gasteiger partial charge in [-0.15, -0.1) is 0 Å². The topological polar surface area (TPSA) is 109 Å². The smallest absolute Gasteiger partial charge is 0.240 e. The van der Waals surface area contributed by atoms with Crippen LogP contribution in [0, 0.1) is 7.53 Å². The van der Waals surface area contributed by atoms with E-state index in [-0.39, 0.29) is 11.8 Å². The summed E-state index contributed by atoms with van der Waals surface area (Å²) in [6, 6.07) is 7.18. The fourth-order valence-electron chi connectivity index (χ4n) is 2.17. The highest BCUT2D eigenvalue weighted by Gasteiger charge is 2.02. The quantitative estimate of drug-likeness (QED) is 0.174. The van der Waals surface area contributed by atoms with Gasteiger partial charge < -0.3 is 8.83 Å². The number of hydrogen-bond donors (Lipinski definition) is 2. The molecule has 0 aliphatic rings. The minimum absolute atomic E-state index is 0.142. The summed E-state index contributed by atoms with van der Waals surface area (Å²) in [6.45, 7) is 0. The molecule has 0 spiro atoms. The molecule has 2 heterocycles. The summed E-state index contributed by atoms with van der Waals surface area (Å²) < 4.78 is 12.1. The van der Waals surface area contributed by atoms with Gasteiger partial charge in [-0.05, 0) is 82.3 Å². The van der Waals surface area contributed by atoms with Crippen molar-refractivity contribution in [2.75, 3.05) is 0 Å². The number of unbranched alkanes of at least 4 members (excludes halogenated alkanes) is 3.